The van der Waals surface area contributed by atoms with Crippen LogP contribution < -0.4 is 14.2 Å². The van der Waals surface area contributed by atoms with Crippen LogP contribution in [0, 0.1) is 5.82 Å². The zero-order valence-corrected chi connectivity index (χ0v) is 17.2. The minimum absolute atomic E-state index is 0.176. The number of hydrogen-bond acceptors (Lipinski definition) is 6. The molecule has 8 nitrogen and oxygen atoms in total. The van der Waals surface area contributed by atoms with Crippen LogP contribution in [-0.4, -0.2) is 29.1 Å². The molecule has 0 atom stereocenters. The molecule has 0 bridgehead atoms. The molecule has 0 aromatic heterocycles. The molecule has 158 valence electrons. The van der Waals surface area contributed by atoms with E-state index in [0.717, 1.165) is 36.4 Å². The Morgan fingerprint density at radius 2 is 1.43 bits per heavy atom. The Hall–Kier alpha value is -3.31. The number of benzene rings is 3. The van der Waals surface area contributed by atoms with E-state index in [4.69, 9.17) is 4.74 Å². The Morgan fingerprint density at radius 3 is 2.10 bits per heavy atom. The molecule has 0 saturated carbocycles. The molecule has 0 spiro atoms. The highest BCUT2D eigenvalue weighted by atomic mass is 32.2. The number of nitrogens with one attached hydrogen (secondary N) is 2. The molecule has 0 aliphatic heterocycles. The first kappa shape index (κ1) is 21.4. The Morgan fingerprint density at radius 1 is 0.800 bits per heavy atom. The predicted octanol–water partition coefficient (Wildman–Crippen LogP) is 3.14. The molecular formula is C19H17FN2O6S2. The topological polar surface area (TPSA) is 122 Å². The van der Waals surface area contributed by atoms with E-state index in [1.165, 1.54) is 19.2 Å². The van der Waals surface area contributed by atoms with Gasteiger partial charge in [0.25, 0.3) is 20.0 Å². The van der Waals surface area contributed by atoms with Crippen molar-refractivity contribution < 1.29 is 31.1 Å². The van der Waals surface area contributed by atoms with Crippen molar-refractivity contribution in [1.82, 2.24) is 0 Å². The molecule has 0 aliphatic rings. The number of methoxy groups -OCH3 is 1. The third-order valence-electron chi connectivity index (χ3n) is 3.98. The molecule has 0 aliphatic carbocycles. The third kappa shape index (κ3) is 4.63. The van der Waals surface area contributed by atoms with Gasteiger partial charge in [0, 0.05) is 0 Å². The van der Waals surface area contributed by atoms with E-state index < -0.39 is 31.6 Å². The lowest BCUT2D eigenvalue weighted by Gasteiger charge is -2.14. The minimum atomic E-state index is -4.28. The lowest BCUT2D eigenvalue weighted by atomic mass is 10.3. The van der Waals surface area contributed by atoms with Crippen LogP contribution in [0.3, 0.4) is 0 Å². The number of ether oxygens (including phenoxy) is 1. The first-order valence-corrected chi connectivity index (χ1v) is 11.4. The van der Waals surface area contributed by atoms with Gasteiger partial charge >= 0.3 is 0 Å². The molecule has 11 heteroatoms. The zero-order valence-electron chi connectivity index (χ0n) is 15.5. The molecule has 30 heavy (non-hydrogen) atoms. The van der Waals surface area contributed by atoms with Crippen LogP contribution in [0.1, 0.15) is 0 Å². The third-order valence-corrected chi connectivity index (χ3v) is 6.71. The monoisotopic (exact) mass is 452 g/mol. The van der Waals surface area contributed by atoms with Crippen molar-refractivity contribution in [2.45, 2.75) is 9.79 Å². The van der Waals surface area contributed by atoms with Gasteiger partial charge in [-0.2, -0.15) is 0 Å². The molecular weight excluding hydrogens is 435 g/mol. The van der Waals surface area contributed by atoms with Crippen LogP contribution in [-0.2, 0) is 20.0 Å². The summed E-state index contributed by atoms with van der Waals surface area (Å²) in [5.41, 5.74) is -0.211. The molecule has 0 amide bonds. The van der Waals surface area contributed by atoms with Gasteiger partial charge in [-0.15, -0.1) is 0 Å². The van der Waals surface area contributed by atoms with Gasteiger partial charge in [0.15, 0.2) is 0 Å². The number of para-hydroxylation sites is 2. The van der Waals surface area contributed by atoms with Gasteiger partial charge < -0.3 is 9.84 Å². The second-order valence-corrected chi connectivity index (χ2v) is 9.41. The molecule has 3 rings (SSSR count). The van der Waals surface area contributed by atoms with Crippen molar-refractivity contribution in [3.05, 3.63) is 72.5 Å². The van der Waals surface area contributed by atoms with Crippen LogP contribution in [0.15, 0.2) is 76.5 Å². The molecule has 0 fully saturated rings. The van der Waals surface area contributed by atoms with Crippen molar-refractivity contribution in [2.75, 3.05) is 16.6 Å². The normalized spacial score (nSPS) is 11.7. The number of anilines is 2. The maximum atomic E-state index is 13.4. The Balaban J connectivity index is 1.95. The zero-order chi connectivity index (χ0) is 21.9. The fourth-order valence-electron chi connectivity index (χ4n) is 2.53. The minimum Gasteiger partial charge on any atom is -0.506 e. The highest BCUT2D eigenvalue weighted by Gasteiger charge is 2.21. The van der Waals surface area contributed by atoms with Crippen molar-refractivity contribution in [2.24, 2.45) is 0 Å². The van der Waals surface area contributed by atoms with Gasteiger partial charge in [0.2, 0.25) is 0 Å². The van der Waals surface area contributed by atoms with E-state index in [1.54, 1.807) is 18.2 Å². The number of aromatic hydroxyl groups is 1. The second kappa shape index (κ2) is 8.20. The molecule has 3 aromatic rings. The largest absolute Gasteiger partial charge is 0.506 e. The van der Waals surface area contributed by atoms with Gasteiger partial charge in [0.1, 0.15) is 17.3 Å². The lowest BCUT2D eigenvalue weighted by molar-refractivity contribution is 0.417. The summed E-state index contributed by atoms with van der Waals surface area (Å²) in [4.78, 5) is -0.703. The summed E-state index contributed by atoms with van der Waals surface area (Å²) >= 11 is 0. The quantitative estimate of drug-likeness (QED) is 0.474. The average molecular weight is 452 g/mol. The summed E-state index contributed by atoms with van der Waals surface area (Å²) in [6.07, 6.45) is 0. The standard InChI is InChI=1S/C19H17FN2O6S2/c1-28-19-8-3-2-7-16(19)21-30(26,27)15-9-10-18(23)17(12-15)22-29(24,25)14-6-4-5-13(20)11-14/h2-12,21-23H,1H3. The van der Waals surface area contributed by atoms with Crippen LogP contribution in [0.4, 0.5) is 15.8 Å². The molecule has 3 N–H and O–H groups in total. The second-order valence-electron chi connectivity index (χ2n) is 6.05. The first-order valence-electron chi connectivity index (χ1n) is 8.39. The lowest BCUT2D eigenvalue weighted by Crippen LogP contribution is -2.16. The Bertz CT molecular complexity index is 1290. The molecule has 0 saturated heterocycles. The van der Waals surface area contributed by atoms with Crippen LogP contribution in [0.5, 0.6) is 11.5 Å². The van der Waals surface area contributed by atoms with Crippen LogP contribution >= 0.6 is 0 Å². The summed E-state index contributed by atoms with van der Waals surface area (Å²) in [6, 6.07) is 13.6. The van der Waals surface area contributed by atoms with E-state index in [-0.39, 0.29) is 26.9 Å². The highest BCUT2D eigenvalue weighted by molar-refractivity contribution is 7.93. The van der Waals surface area contributed by atoms with Gasteiger partial charge in [-0.05, 0) is 48.5 Å². The number of halogens is 1. The summed E-state index contributed by atoms with van der Waals surface area (Å²) in [6.45, 7) is 0. The van der Waals surface area contributed by atoms with Crippen molar-refractivity contribution in [3.8, 4) is 11.5 Å². The van der Waals surface area contributed by atoms with E-state index in [2.05, 4.69) is 9.44 Å². The first-order chi connectivity index (χ1) is 14.1. The van der Waals surface area contributed by atoms with Crippen LogP contribution in [0.2, 0.25) is 0 Å². The summed E-state index contributed by atoms with van der Waals surface area (Å²) < 4.78 is 73.3. The number of phenolic OH excluding ortho intramolecular Hbond substituents is 1. The Labute approximate surface area is 173 Å². The van der Waals surface area contributed by atoms with E-state index in [9.17, 15) is 26.3 Å². The summed E-state index contributed by atoms with van der Waals surface area (Å²) in [5, 5.41) is 10.0. The molecule has 0 heterocycles. The number of sulfonamides is 2. The Kier molecular flexibility index (Phi) is 5.85. The predicted molar refractivity (Wildman–Crippen MR) is 109 cm³/mol. The van der Waals surface area contributed by atoms with Crippen molar-refractivity contribution in [3.63, 3.8) is 0 Å². The summed E-state index contributed by atoms with van der Waals surface area (Å²) in [5.74, 6) is -0.988. The summed E-state index contributed by atoms with van der Waals surface area (Å²) in [7, 11) is -7.04. The molecule has 0 unspecified atom stereocenters. The van der Waals surface area contributed by atoms with E-state index >= 15 is 0 Å². The van der Waals surface area contributed by atoms with Gasteiger partial charge in [-0.25, -0.2) is 21.2 Å². The fourth-order valence-corrected chi connectivity index (χ4v) is 4.73. The highest BCUT2D eigenvalue weighted by Crippen LogP contribution is 2.31. The van der Waals surface area contributed by atoms with Gasteiger partial charge in [-0.1, -0.05) is 18.2 Å². The van der Waals surface area contributed by atoms with E-state index in [1.807, 2.05) is 0 Å². The molecule has 3 aromatic carbocycles. The fraction of sp³-hybridized carbons (Fsp3) is 0.0526. The van der Waals surface area contributed by atoms with Crippen molar-refractivity contribution >= 4 is 31.4 Å². The maximum absolute atomic E-state index is 13.4. The van der Waals surface area contributed by atoms with E-state index in [0.29, 0.717) is 0 Å². The average Bonchev–Trinajstić information content (AvgIpc) is 2.69. The van der Waals surface area contributed by atoms with Gasteiger partial charge in [-0.3, -0.25) is 9.44 Å². The van der Waals surface area contributed by atoms with Crippen molar-refractivity contribution in [1.29, 1.82) is 0 Å². The number of rotatable bonds is 7. The SMILES string of the molecule is COc1ccccc1NS(=O)(=O)c1ccc(O)c(NS(=O)(=O)c2cccc(F)c2)c1. The number of phenols is 1. The smallest absolute Gasteiger partial charge is 0.262 e. The van der Waals surface area contributed by atoms with Gasteiger partial charge in [0.05, 0.1) is 28.3 Å². The number of hydrogen-bond donors (Lipinski definition) is 3. The molecule has 0 radical (unpaired) electrons. The van der Waals surface area contributed by atoms with Crippen LogP contribution in [0.25, 0.3) is 0 Å². The maximum Gasteiger partial charge on any atom is 0.262 e.